The van der Waals surface area contributed by atoms with Gasteiger partial charge in [0.15, 0.2) is 11.5 Å². The van der Waals surface area contributed by atoms with Crippen LogP contribution in [-0.4, -0.2) is 64.7 Å². The van der Waals surface area contributed by atoms with Crippen LogP contribution in [0.1, 0.15) is 32.3 Å². The number of nitrogens with one attached hydrogen (secondary N) is 1. The zero-order valence-electron chi connectivity index (χ0n) is 21.3. The van der Waals surface area contributed by atoms with Crippen molar-refractivity contribution in [2.75, 3.05) is 37.9 Å². The normalized spacial score (nSPS) is 11.9. The number of nitrogens with zero attached hydrogens (tertiary/aromatic N) is 2. The number of unbranched alkanes of at least 4 members (excludes halogenated alkanes) is 1. The Labute approximate surface area is 218 Å². The highest BCUT2D eigenvalue weighted by Crippen LogP contribution is 2.32. The molecule has 0 saturated carbocycles. The molecule has 0 radical (unpaired) electrons. The number of sulfonamides is 1. The number of rotatable bonds is 13. The van der Waals surface area contributed by atoms with Crippen LogP contribution in [0.4, 0.5) is 5.69 Å². The fourth-order valence-electron chi connectivity index (χ4n) is 3.50. The number of methoxy groups -OCH3 is 2. The van der Waals surface area contributed by atoms with E-state index in [0.717, 1.165) is 29.0 Å². The third kappa shape index (κ3) is 8.03. The van der Waals surface area contributed by atoms with Gasteiger partial charge in [0.2, 0.25) is 21.8 Å². The van der Waals surface area contributed by atoms with Crippen molar-refractivity contribution in [3.05, 3.63) is 53.1 Å². The van der Waals surface area contributed by atoms with Crippen LogP contribution < -0.4 is 19.1 Å². The molecule has 2 aromatic carbocycles. The first-order chi connectivity index (χ1) is 17.0. The second-order valence-corrected chi connectivity index (χ2v) is 10.6. The van der Waals surface area contributed by atoms with Gasteiger partial charge in [0, 0.05) is 24.2 Å². The minimum absolute atomic E-state index is 0.0991. The molecule has 0 saturated heterocycles. The maximum Gasteiger partial charge on any atom is 0.244 e. The average molecular weight is 540 g/mol. The van der Waals surface area contributed by atoms with Crippen molar-refractivity contribution in [2.24, 2.45) is 0 Å². The lowest BCUT2D eigenvalue weighted by Crippen LogP contribution is -2.51. The number of anilines is 1. The van der Waals surface area contributed by atoms with Crippen molar-refractivity contribution in [3.8, 4) is 11.5 Å². The molecule has 0 spiro atoms. The lowest BCUT2D eigenvalue weighted by Gasteiger charge is -2.31. The molecule has 9 nitrogen and oxygen atoms in total. The SMILES string of the molecule is CCCCNC(=O)C(C)N(Cc1ccc(Cl)cc1)C(=O)CN(c1ccc(OC)c(OC)c1)S(C)(=O)=O. The number of amides is 2. The molecule has 1 atom stereocenters. The maximum atomic E-state index is 13.6. The summed E-state index contributed by atoms with van der Waals surface area (Å²) in [6.45, 7) is 3.72. The molecule has 0 aliphatic rings. The number of hydrogen-bond donors (Lipinski definition) is 1. The number of benzene rings is 2. The van der Waals surface area contributed by atoms with Crippen LogP contribution in [0.5, 0.6) is 11.5 Å². The van der Waals surface area contributed by atoms with E-state index in [-0.39, 0.29) is 18.1 Å². The average Bonchev–Trinajstić information content (AvgIpc) is 2.85. The van der Waals surface area contributed by atoms with Gasteiger partial charge in [0.1, 0.15) is 12.6 Å². The van der Waals surface area contributed by atoms with Gasteiger partial charge in [0.05, 0.1) is 26.2 Å². The van der Waals surface area contributed by atoms with Gasteiger partial charge in [-0.05, 0) is 43.2 Å². The topological polar surface area (TPSA) is 105 Å². The fraction of sp³-hybridized carbons (Fsp3) is 0.440. The third-order valence-corrected chi connectivity index (χ3v) is 6.99. The summed E-state index contributed by atoms with van der Waals surface area (Å²) in [5.41, 5.74) is 0.980. The predicted molar refractivity (Wildman–Crippen MR) is 141 cm³/mol. The molecule has 0 aromatic heterocycles. The number of ether oxygens (including phenoxy) is 2. The maximum absolute atomic E-state index is 13.6. The van der Waals surface area contributed by atoms with Gasteiger partial charge in [-0.3, -0.25) is 13.9 Å². The predicted octanol–water partition coefficient (Wildman–Crippen LogP) is 3.46. The summed E-state index contributed by atoms with van der Waals surface area (Å²) in [4.78, 5) is 27.7. The Kier molecular flexibility index (Phi) is 10.9. The minimum Gasteiger partial charge on any atom is -0.493 e. The van der Waals surface area contributed by atoms with E-state index in [1.54, 1.807) is 37.3 Å². The van der Waals surface area contributed by atoms with Gasteiger partial charge in [-0.25, -0.2) is 8.42 Å². The van der Waals surface area contributed by atoms with Crippen molar-refractivity contribution in [1.82, 2.24) is 10.2 Å². The van der Waals surface area contributed by atoms with E-state index in [9.17, 15) is 18.0 Å². The first-order valence-corrected chi connectivity index (χ1v) is 13.8. The van der Waals surface area contributed by atoms with Crippen LogP contribution in [0.25, 0.3) is 0 Å². The molecule has 1 unspecified atom stereocenters. The molecule has 2 aromatic rings. The Morgan fingerprint density at radius 2 is 1.69 bits per heavy atom. The summed E-state index contributed by atoms with van der Waals surface area (Å²) in [5.74, 6) is -0.119. The summed E-state index contributed by atoms with van der Waals surface area (Å²) in [7, 11) is -0.958. The number of halogens is 1. The molecule has 36 heavy (non-hydrogen) atoms. The zero-order valence-corrected chi connectivity index (χ0v) is 22.9. The first-order valence-electron chi connectivity index (χ1n) is 11.5. The summed E-state index contributed by atoms with van der Waals surface area (Å²) < 4.78 is 36.9. The molecule has 0 heterocycles. The number of hydrogen-bond acceptors (Lipinski definition) is 6. The number of carbonyl (C=O) groups excluding carboxylic acids is 2. The van der Waals surface area contributed by atoms with E-state index in [1.165, 1.54) is 31.3 Å². The largest absolute Gasteiger partial charge is 0.493 e. The smallest absolute Gasteiger partial charge is 0.244 e. The molecule has 2 amide bonds. The van der Waals surface area contributed by atoms with E-state index < -0.39 is 28.5 Å². The summed E-state index contributed by atoms with van der Waals surface area (Å²) >= 11 is 5.99. The minimum atomic E-state index is -3.86. The van der Waals surface area contributed by atoms with Crippen LogP contribution in [0.15, 0.2) is 42.5 Å². The lowest BCUT2D eigenvalue weighted by atomic mass is 10.1. The Bertz CT molecular complexity index is 1140. The van der Waals surface area contributed by atoms with Gasteiger partial charge in [-0.1, -0.05) is 37.1 Å². The standard InChI is InChI=1S/C25H34ClN3O6S/c1-6-7-14-27-25(31)18(2)28(16-19-8-10-20(26)11-9-19)24(30)17-29(36(5,32)33)21-12-13-22(34-3)23(15-21)35-4/h8-13,15,18H,6-7,14,16-17H2,1-5H3,(H,27,31). The van der Waals surface area contributed by atoms with Crippen molar-refractivity contribution in [1.29, 1.82) is 0 Å². The first kappa shape index (κ1) is 29.3. The van der Waals surface area contributed by atoms with Crippen LogP contribution >= 0.6 is 11.6 Å². The fourth-order valence-corrected chi connectivity index (χ4v) is 4.47. The van der Waals surface area contributed by atoms with E-state index >= 15 is 0 Å². The highest BCUT2D eigenvalue weighted by molar-refractivity contribution is 7.92. The Morgan fingerprint density at radius 3 is 2.25 bits per heavy atom. The molecule has 2 rings (SSSR count). The summed E-state index contributed by atoms with van der Waals surface area (Å²) in [6.07, 6.45) is 2.74. The van der Waals surface area contributed by atoms with Gasteiger partial charge >= 0.3 is 0 Å². The molecular weight excluding hydrogens is 506 g/mol. The Hall–Kier alpha value is -2.98. The van der Waals surface area contributed by atoms with Gasteiger partial charge in [0.25, 0.3) is 0 Å². The van der Waals surface area contributed by atoms with Crippen LogP contribution in [0.2, 0.25) is 5.02 Å². The molecular formula is C25H34ClN3O6S. The van der Waals surface area contributed by atoms with Crippen LogP contribution in [-0.2, 0) is 26.2 Å². The van der Waals surface area contributed by atoms with E-state index in [4.69, 9.17) is 21.1 Å². The molecule has 0 fully saturated rings. The van der Waals surface area contributed by atoms with E-state index in [0.29, 0.717) is 23.1 Å². The van der Waals surface area contributed by atoms with Crippen molar-refractivity contribution < 1.29 is 27.5 Å². The number of carbonyl (C=O) groups is 2. The Balaban J connectivity index is 2.39. The van der Waals surface area contributed by atoms with Crippen molar-refractivity contribution in [2.45, 2.75) is 39.3 Å². The summed E-state index contributed by atoms with van der Waals surface area (Å²) in [5, 5.41) is 3.38. The van der Waals surface area contributed by atoms with Gasteiger partial charge in [-0.15, -0.1) is 0 Å². The van der Waals surface area contributed by atoms with Crippen LogP contribution in [0, 0.1) is 0 Å². The van der Waals surface area contributed by atoms with E-state index in [1.807, 2.05) is 6.92 Å². The highest BCUT2D eigenvalue weighted by atomic mass is 35.5. The second-order valence-electron chi connectivity index (χ2n) is 8.28. The summed E-state index contributed by atoms with van der Waals surface area (Å²) in [6, 6.07) is 10.6. The second kappa shape index (κ2) is 13.4. The molecule has 0 bridgehead atoms. The zero-order chi connectivity index (χ0) is 26.9. The highest BCUT2D eigenvalue weighted by Gasteiger charge is 2.30. The van der Waals surface area contributed by atoms with Crippen molar-refractivity contribution >= 4 is 39.1 Å². The molecule has 11 heteroatoms. The third-order valence-electron chi connectivity index (χ3n) is 5.60. The van der Waals surface area contributed by atoms with Gasteiger partial charge in [-0.2, -0.15) is 0 Å². The van der Waals surface area contributed by atoms with Crippen molar-refractivity contribution in [3.63, 3.8) is 0 Å². The van der Waals surface area contributed by atoms with E-state index in [2.05, 4.69) is 5.32 Å². The monoisotopic (exact) mass is 539 g/mol. The molecule has 0 aliphatic carbocycles. The van der Waals surface area contributed by atoms with Crippen LogP contribution in [0.3, 0.4) is 0 Å². The Morgan fingerprint density at radius 1 is 1.06 bits per heavy atom. The molecule has 1 N–H and O–H groups in total. The molecule has 0 aliphatic heterocycles. The lowest BCUT2D eigenvalue weighted by molar-refractivity contribution is -0.139. The van der Waals surface area contributed by atoms with Gasteiger partial charge < -0.3 is 19.7 Å². The molecule has 198 valence electrons. The quantitative estimate of drug-likeness (QED) is 0.391.